The van der Waals surface area contributed by atoms with Crippen molar-refractivity contribution in [3.8, 4) is 0 Å². The average molecular weight is 337 g/mol. The fourth-order valence-corrected chi connectivity index (χ4v) is 5.40. The van der Waals surface area contributed by atoms with Crippen LogP contribution in [-0.2, 0) is 27.5 Å². The molecule has 0 amide bonds. The van der Waals surface area contributed by atoms with Crippen molar-refractivity contribution in [1.82, 2.24) is 4.90 Å². The molecule has 0 bridgehead atoms. The van der Waals surface area contributed by atoms with Crippen molar-refractivity contribution in [1.29, 1.82) is 0 Å². The van der Waals surface area contributed by atoms with Crippen molar-refractivity contribution < 1.29 is 13.2 Å². The fraction of sp³-hybridized carbons (Fsp3) is 0.667. The molecule has 2 aliphatic heterocycles. The van der Waals surface area contributed by atoms with Crippen LogP contribution >= 0.6 is 0 Å². The monoisotopic (exact) mass is 337 g/mol. The summed E-state index contributed by atoms with van der Waals surface area (Å²) in [6.45, 7) is 4.66. The van der Waals surface area contributed by atoms with Gasteiger partial charge >= 0.3 is 0 Å². The third kappa shape index (κ3) is 4.55. The SMILES string of the molecule is CCc1cccc(CN(CC2CCCO2)C2CCS(=O)(=O)C2)c1. The number of nitrogens with zero attached hydrogens (tertiary/aromatic N) is 1. The quantitative estimate of drug-likeness (QED) is 0.800. The molecule has 2 saturated heterocycles. The standard InChI is InChI=1S/C18H27NO3S/c1-2-15-5-3-6-16(11-15)12-19(13-18-7-4-9-22-18)17-8-10-23(20,21)14-17/h3,5-6,11,17-18H,2,4,7-10,12-14H2,1H3. The molecule has 0 aromatic heterocycles. The zero-order chi connectivity index (χ0) is 16.3. The lowest BCUT2D eigenvalue weighted by Crippen LogP contribution is -2.40. The normalized spacial score (nSPS) is 26.9. The summed E-state index contributed by atoms with van der Waals surface area (Å²) in [5.74, 6) is 0.627. The minimum Gasteiger partial charge on any atom is -0.377 e. The Kier molecular flexibility index (Phi) is 5.39. The third-order valence-corrected chi connectivity index (χ3v) is 6.72. The van der Waals surface area contributed by atoms with Gasteiger partial charge in [0.15, 0.2) is 9.84 Å². The van der Waals surface area contributed by atoms with Crippen LogP contribution < -0.4 is 0 Å². The number of sulfone groups is 1. The Morgan fingerprint density at radius 1 is 1.26 bits per heavy atom. The van der Waals surface area contributed by atoms with Crippen LogP contribution in [0.25, 0.3) is 0 Å². The summed E-state index contributed by atoms with van der Waals surface area (Å²) in [5.41, 5.74) is 2.60. The molecule has 3 rings (SSSR count). The molecule has 0 N–H and O–H groups in total. The number of hydrogen-bond donors (Lipinski definition) is 0. The zero-order valence-electron chi connectivity index (χ0n) is 13.9. The maximum Gasteiger partial charge on any atom is 0.151 e. The maximum absolute atomic E-state index is 11.9. The Hall–Kier alpha value is -0.910. The van der Waals surface area contributed by atoms with Gasteiger partial charge in [0.1, 0.15) is 0 Å². The average Bonchev–Trinajstić information content (AvgIpc) is 3.16. The predicted octanol–water partition coefficient (Wildman–Crippen LogP) is 2.42. The van der Waals surface area contributed by atoms with Crippen LogP contribution in [0.3, 0.4) is 0 Å². The van der Waals surface area contributed by atoms with Gasteiger partial charge in [-0.3, -0.25) is 4.90 Å². The highest BCUT2D eigenvalue weighted by Gasteiger charge is 2.33. The van der Waals surface area contributed by atoms with Crippen molar-refractivity contribution in [2.45, 2.75) is 51.3 Å². The molecule has 0 radical (unpaired) electrons. The van der Waals surface area contributed by atoms with Gasteiger partial charge in [-0.25, -0.2) is 8.42 Å². The first kappa shape index (κ1) is 16.9. The molecule has 0 aliphatic carbocycles. The van der Waals surface area contributed by atoms with E-state index in [0.717, 1.165) is 45.4 Å². The Bertz CT molecular complexity index is 623. The van der Waals surface area contributed by atoms with Gasteiger partial charge < -0.3 is 4.74 Å². The van der Waals surface area contributed by atoms with Crippen LogP contribution in [0.2, 0.25) is 0 Å². The summed E-state index contributed by atoms with van der Waals surface area (Å²) < 4.78 is 29.5. The summed E-state index contributed by atoms with van der Waals surface area (Å²) in [6.07, 6.45) is 4.24. The molecule has 2 heterocycles. The summed E-state index contributed by atoms with van der Waals surface area (Å²) >= 11 is 0. The Morgan fingerprint density at radius 2 is 2.09 bits per heavy atom. The van der Waals surface area contributed by atoms with Crippen molar-refractivity contribution in [2.75, 3.05) is 24.7 Å². The molecule has 4 nitrogen and oxygen atoms in total. The largest absolute Gasteiger partial charge is 0.377 e. The van der Waals surface area contributed by atoms with Gasteiger partial charge in [0.2, 0.25) is 0 Å². The van der Waals surface area contributed by atoms with E-state index in [0.29, 0.717) is 11.5 Å². The highest BCUT2D eigenvalue weighted by atomic mass is 32.2. The van der Waals surface area contributed by atoms with Gasteiger partial charge in [-0.2, -0.15) is 0 Å². The van der Waals surface area contributed by atoms with E-state index < -0.39 is 9.84 Å². The summed E-state index contributed by atoms with van der Waals surface area (Å²) in [4.78, 5) is 2.34. The second kappa shape index (κ2) is 7.32. The van der Waals surface area contributed by atoms with Gasteiger partial charge in [-0.15, -0.1) is 0 Å². The van der Waals surface area contributed by atoms with E-state index in [1.807, 2.05) is 0 Å². The zero-order valence-corrected chi connectivity index (χ0v) is 14.7. The van der Waals surface area contributed by atoms with Crippen LogP contribution in [0.4, 0.5) is 0 Å². The molecular weight excluding hydrogens is 310 g/mol. The summed E-state index contributed by atoms with van der Waals surface area (Å²) in [7, 11) is -2.86. The lowest BCUT2D eigenvalue weighted by Gasteiger charge is -2.30. The van der Waals surface area contributed by atoms with E-state index >= 15 is 0 Å². The fourth-order valence-electron chi connectivity index (χ4n) is 3.64. The van der Waals surface area contributed by atoms with E-state index in [1.54, 1.807) is 0 Å². The Labute approximate surface area is 139 Å². The first-order valence-corrected chi connectivity index (χ1v) is 10.5. The van der Waals surface area contributed by atoms with Crippen molar-refractivity contribution >= 4 is 9.84 Å². The molecule has 0 spiro atoms. The summed E-state index contributed by atoms with van der Waals surface area (Å²) in [5, 5.41) is 0. The van der Waals surface area contributed by atoms with E-state index in [1.165, 1.54) is 11.1 Å². The van der Waals surface area contributed by atoms with Gasteiger partial charge in [0.05, 0.1) is 17.6 Å². The lowest BCUT2D eigenvalue weighted by atomic mass is 10.1. The highest BCUT2D eigenvalue weighted by Crippen LogP contribution is 2.23. The molecule has 23 heavy (non-hydrogen) atoms. The van der Waals surface area contributed by atoms with Gasteiger partial charge in [0.25, 0.3) is 0 Å². The Morgan fingerprint density at radius 3 is 2.74 bits per heavy atom. The molecule has 128 valence electrons. The second-order valence-corrected chi connectivity index (χ2v) is 9.02. The van der Waals surface area contributed by atoms with Crippen molar-refractivity contribution in [3.63, 3.8) is 0 Å². The van der Waals surface area contributed by atoms with E-state index in [4.69, 9.17) is 4.74 Å². The van der Waals surface area contributed by atoms with E-state index in [9.17, 15) is 8.42 Å². The highest BCUT2D eigenvalue weighted by molar-refractivity contribution is 7.91. The topological polar surface area (TPSA) is 46.6 Å². The lowest BCUT2D eigenvalue weighted by molar-refractivity contribution is 0.0574. The molecule has 2 aliphatic rings. The van der Waals surface area contributed by atoms with Crippen LogP contribution in [0.1, 0.15) is 37.3 Å². The minimum absolute atomic E-state index is 0.134. The maximum atomic E-state index is 11.9. The molecular formula is C18H27NO3S. The molecule has 2 atom stereocenters. The van der Waals surface area contributed by atoms with Crippen LogP contribution in [0.5, 0.6) is 0 Å². The molecule has 5 heteroatoms. The number of benzene rings is 1. The molecule has 2 unspecified atom stereocenters. The van der Waals surface area contributed by atoms with Gasteiger partial charge in [0, 0.05) is 25.7 Å². The first-order chi connectivity index (χ1) is 11.1. The van der Waals surface area contributed by atoms with Crippen molar-refractivity contribution in [2.24, 2.45) is 0 Å². The van der Waals surface area contributed by atoms with Gasteiger partial charge in [-0.05, 0) is 36.8 Å². The third-order valence-electron chi connectivity index (χ3n) is 4.97. The van der Waals surface area contributed by atoms with Crippen molar-refractivity contribution in [3.05, 3.63) is 35.4 Å². The Balaban J connectivity index is 1.73. The second-order valence-electron chi connectivity index (χ2n) is 6.79. The molecule has 1 aromatic rings. The molecule has 1 aromatic carbocycles. The number of ether oxygens (including phenoxy) is 1. The van der Waals surface area contributed by atoms with E-state index in [-0.39, 0.29) is 12.1 Å². The number of aryl methyl sites for hydroxylation is 1. The molecule has 0 saturated carbocycles. The molecule has 2 fully saturated rings. The predicted molar refractivity (Wildman–Crippen MR) is 92.3 cm³/mol. The first-order valence-electron chi connectivity index (χ1n) is 8.69. The summed E-state index contributed by atoms with van der Waals surface area (Å²) in [6, 6.07) is 8.77. The number of rotatable bonds is 6. The van der Waals surface area contributed by atoms with Crippen LogP contribution in [0.15, 0.2) is 24.3 Å². The van der Waals surface area contributed by atoms with Gasteiger partial charge in [-0.1, -0.05) is 31.2 Å². The van der Waals surface area contributed by atoms with Crippen LogP contribution in [0, 0.1) is 0 Å². The van der Waals surface area contributed by atoms with E-state index in [2.05, 4.69) is 36.1 Å². The van der Waals surface area contributed by atoms with Crippen LogP contribution in [-0.4, -0.2) is 50.1 Å². The number of hydrogen-bond acceptors (Lipinski definition) is 4. The smallest absolute Gasteiger partial charge is 0.151 e. The minimum atomic E-state index is -2.86.